The van der Waals surface area contributed by atoms with Crippen molar-refractivity contribution in [2.45, 2.75) is 32.4 Å². The topological polar surface area (TPSA) is 90.9 Å². The molecule has 0 aliphatic carbocycles. The Labute approximate surface area is 74.2 Å². The van der Waals surface area contributed by atoms with Gasteiger partial charge in [-0.25, -0.2) is 24.4 Å². The molecule has 6 heteroatoms. The Morgan fingerprint density at radius 1 is 1.38 bits per heavy atom. The summed E-state index contributed by atoms with van der Waals surface area (Å²) in [4.78, 5) is 21.9. The zero-order valence-corrected chi connectivity index (χ0v) is 7.41. The van der Waals surface area contributed by atoms with Crippen LogP contribution in [0.25, 0.3) is 0 Å². The highest BCUT2D eigenvalue weighted by atomic mass is 16.3. The Kier molecular flexibility index (Phi) is 3.07. The predicted molar refractivity (Wildman–Crippen MR) is 46.6 cm³/mol. The van der Waals surface area contributed by atoms with E-state index in [0.717, 1.165) is 4.57 Å². The van der Waals surface area contributed by atoms with E-state index in [-0.39, 0.29) is 6.54 Å². The first-order valence-corrected chi connectivity index (χ1v) is 4.20. The van der Waals surface area contributed by atoms with Gasteiger partial charge < -0.3 is 5.11 Å². The first-order chi connectivity index (χ1) is 6.15. The van der Waals surface area contributed by atoms with Crippen molar-refractivity contribution in [1.82, 2.24) is 14.8 Å². The summed E-state index contributed by atoms with van der Waals surface area (Å²) in [7, 11) is 0. The second kappa shape index (κ2) is 4.08. The van der Waals surface area contributed by atoms with Crippen molar-refractivity contribution in [2.24, 2.45) is 0 Å². The second-order valence-electron chi connectivity index (χ2n) is 2.86. The normalized spacial score (nSPS) is 13.1. The number of aliphatic hydroxyl groups is 1. The Bertz CT molecular complexity index is 334. The monoisotopic (exact) mass is 187 g/mol. The van der Waals surface area contributed by atoms with Crippen LogP contribution in [-0.4, -0.2) is 26.0 Å². The summed E-state index contributed by atoms with van der Waals surface area (Å²) in [6.45, 7) is 2.08. The van der Waals surface area contributed by atoms with Crippen LogP contribution >= 0.6 is 0 Å². The lowest BCUT2D eigenvalue weighted by Gasteiger charge is -2.05. The molecule has 0 fully saturated rings. The van der Waals surface area contributed by atoms with E-state index in [4.69, 9.17) is 0 Å². The van der Waals surface area contributed by atoms with Gasteiger partial charge in [0.1, 0.15) is 0 Å². The highest BCUT2D eigenvalue weighted by molar-refractivity contribution is 4.66. The molecule has 13 heavy (non-hydrogen) atoms. The largest absolute Gasteiger partial charge is 0.393 e. The molecule has 0 radical (unpaired) electrons. The van der Waals surface area contributed by atoms with Crippen molar-refractivity contribution in [3.05, 3.63) is 21.0 Å². The summed E-state index contributed by atoms with van der Waals surface area (Å²) in [6.07, 6.45) is 0.579. The van der Waals surface area contributed by atoms with Crippen LogP contribution in [0, 0.1) is 0 Å². The first-order valence-electron chi connectivity index (χ1n) is 4.20. The van der Waals surface area contributed by atoms with E-state index in [1.807, 2.05) is 6.92 Å². The zero-order valence-electron chi connectivity index (χ0n) is 7.41. The molecule has 6 nitrogen and oxygen atoms in total. The minimum atomic E-state index is -0.465. The number of aromatic nitrogens is 3. The molecule has 0 aliphatic rings. The van der Waals surface area contributed by atoms with E-state index in [2.05, 4.69) is 10.2 Å². The Morgan fingerprint density at radius 2 is 1.92 bits per heavy atom. The number of hydrogen-bond donors (Lipinski definition) is 3. The van der Waals surface area contributed by atoms with E-state index < -0.39 is 17.5 Å². The first kappa shape index (κ1) is 9.79. The van der Waals surface area contributed by atoms with Gasteiger partial charge in [0, 0.05) is 6.54 Å². The van der Waals surface area contributed by atoms with Crippen molar-refractivity contribution >= 4 is 0 Å². The van der Waals surface area contributed by atoms with Gasteiger partial charge in [-0.1, -0.05) is 6.92 Å². The zero-order chi connectivity index (χ0) is 9.84. The SMILES string of the molecule is CCC(O)CCn1c(=O)[nH][nH]c1=O. The molecule has 3 N–H and O–H groups in total. The molecule has 1 aromatic rings. The average molecular weight is 187 g/mol. The van der Waals surface area contributed by atoms with Crippen LogP contribution in [0.4, 0.5) is 0 Å². The van der Waals surface area contributed by atoms with Gasteiger partial charge >= 0.3 is 11.4 Å². The van der Waals surface area contributed by atoms with Gasteiger partial charge in [-0.3, -0.25) is 0 Å². The molecule has 1 unspecified atom stereocenters. The lowest BCUT2D eigenvalue weighted by Crippen LogP contribution is -2.28. The molecular formula is C7H13N3O3. The molecule has 0 aromatic carbocycles. The molecule has 0 bridgehead atoms. The van der Waals surface area contributed by atoms with Gasteiger partial charge in [0.15, 0.2) is 0 Å². The van der Waals surface area contributed by atoms with Gasteiger partial charge in [0.25, 0.3) is 0 Å². The van der Waals surface area contributed by atoms with Crippen molar-refractivity contribution < 1.29 is 5.11 Å². The molecule has 0 amide bonds. The highest BCUT2D eigenvalue weighted by Gasteiger charge is 2.05. The van der Waals surface area contributed by atoms with Crippen LogP contribution < -0.4 is 11.4 Å². The van der Waals surface area contributed by atoms with Gasteiger partial charge in [-0.15, -0.1) is 0 Å². The summed E-state index contributed by atoms with van der Waals surface area (Å²) in [5.41, 5.74) is -0.929. The highest BCUT2D eigenvalue weighted by Crippen LogP contribution is 1.96. The quantitative estimate of drug-likeness (QED) is 0.566. The van der Waals surface area contributed by atoms with Gasteiger partial charge in [-0.2, -0.15) is 0 Å². The molecule has 1 aromatic heterocycles. The molecule has 0 spiro atoms. The number of nitrogens with zero attached hydrogens (tertiary/aromatic N) is 1. The maximum absolute atomic E-state index is 10.9. The Balaban J connectivity index is 2.64. The minimum Gasteiger partial charge on any atom is -0.393 e. The van der Waals surface area contributed by atoms with Crippen LogP contribution in [0.2, 0.25) is 0 Å². The van der Waals surface area contributed by atoms with Crippen LogP contribution in [0.5, 0.6) is 0 Å². The second-order valence-corrected chi connectivity index (χ2v) is 2.86. The fourth-order valence-electron chi connectivity index (χ4n) is 1.02. The van der Waals surface area contributed by atoms with E-state index in [9.17, 15) is 14.7 Å². The van der Waals surface area contributed by atoms with Crippen LogP contribution in [-0.2, 0) is 6.54 Å². The van der Waals surface area contributed by atoms with Crippen molar-refractivity contribution in [3.63, 3.8) is 0 Å². The number of aromatic amines is 2. The Hall–Kier alpha value is -1.30. The van der Waals surface area contributed by atoms with Crippen LogP contribution in [0.1, 0.15) is 19.8 Å². The maximum Gasteiger partial charge on any atom is 0.344 e. The number of nitrogens with one attached hydrogen (secondary N) is 2. The molecule has 0 aliphatic heterocycles. The van der Waals surface area contributed by atoms with Gasteiger partial charge in [0.05, 0.1) is 6.10 Å². The van der Waals surface area contributed by atoms with Crippen LogP contribution in [0.15, 0.2) is 9.59 Å². The standard InChI is InChI=1S/C7H13N3O3/c1-2-5(11)3-4-10-6(12)8-9-7(10)13/h5,11H,2-4H2,1H3,(H,8,12)(H,9,13). The van der Waals surface area contributed by atoms with Crippen molar-refractivity contribution in [3.8, 4) is 0 Å². The molecule has 0 saturated carbocycles. The summed E-state index contributed by atoms with van der Waals surface area (Å²) in [5.74, 6) is 0. The van der Waals surface area contributed by atoms with Crippen molar-refractivity contribution in [2.75, 3.05) is 0 Å². The lowest BCUT2D eigenvalue weighted by atomic mass is 10.2. The third-order valence-electron chi connectivity index (χ3n) is 1.92. The number of H-pyrrole nitrogens is 2. The van der Waals surface area contributed by atoms with E-state index in [1.54, 1.807) is 0 Å². The fraction of sp³-hybridized carbons (Fsp3) is 0.714. The average Bonchev–Trinajstić information content (AvgIpc) is 2.43. The third kappa shape index (κ3) is 2.32. The predicted octanol–water partition coefficient (Wildman–Crippen LogP) is -0.974. The van der Waals surface area contributed by atoms with E-state index in [1.165, 1.54) is 0 Å². The maximum atomic E-state index is 10.9. The van der Waals surface area contributed by atoms with Crippen LogP contribution in [0.3, 0.4) is 0 Å². The molecule has 0 saturated heterocycles. The smallest absolute Gasteiger partial charge is 0.344 e. The summed E-state index contributed by atoms with van der Waals surface area (Å²) >= 11 is 0. The lowest BCUT2D eigenvalue weighted by molar-refractivity contribution is 0.153. The number of aliphatic hydroxyl groups excluding tert-OH is 1. The van der Waals surface area contributed by atoms with Crippen molar-refractivity contribution in [1.29, 1.82) is 0 Å². The third-order valence-corrected chi connectivity index (χ3v) is 1.92. The molecule has 74 valence electrons. The van der Waals surface area contributed by atoms with Gasteiger partial charge in [0.2, 0.25) is 0 Å². The molecule has 1 heterocycles. The fourth-order valence-corrected chi connectivity index (χ4v) is 1.02. The molecular weight excluding hydrogens is 174 g/mol. The number of hydrogen-bond acceptors (Lipinski definition) is 3. The van der Waals surface area contributed by atoms with E-state index in [0.29, 0.717) is 12.8 Å². The molecule has 1 atom stereocenters. The molecule has 1 rings (SSSR count). The summed E-state index contributed by atoms with van der Waals surface area (Å²) < 4.78 is 1.03. The minimum absolute atomic E-state index is 0.243. The summed E-state index contributed by atoms with van der Waals surface area (Å²) in [6, 6.07) is 0. The van der Waals surface area contributed by atoms with Gasteiger partial charge in [-0.05, 0) is 12.8 Å². The van der Waals surface area contributed by atoms with E-state index >= 15 is 0 Å². The Morgan fingerprint density at radius 3 is 2.38 bits per heavy atom. The summed E-state index contributed by atoms with van der Waals surface area (Å²) in [5, 5.41) is 13.5. The number of rotatable bonds is 4.